The van der Waals surface area contributed by atoms with E-state index in [9.17, 15) is 0 Å². The van der Waals surface area contributed by atoms with Gasteiger partial charge in [0.25, 0.3) is 0 Å². The third-order valence-corrected chi connectivity index (χ3v) is 3.11. The minimum absolute atomic E-state index is 0.197. The van der Waals surface area contributed by atoms with E-state index in [0.29, 0.717) is 12.6 Å². The number of methoxy groups -OCH3 is 1. The van der Waals surface area contributed by atoms with Crippen molar-refractivity contribution < 1.29 is 9.47 Å². The van der Waals surface area contributed by atoms with E-state index in [0.717, 1.165) is 23.7 Å². The first-order chi connectivity index (χ1) is 8.19. The maximum atomic E-state index is 5.95. The van der Waals surface area contributed by atoms with Gasteiger partial charge in [-0.1, -0.05) is 11.6 Å². The van der Waals surface area contributed by atoms with E-state index in [1.807, 2.05) is 18.2 Å². The van der Waals surface area contributed by atoms with E-state index in [1.54, 1.807) is 7.11 Å². The smallest absolute Gasteiger partial charge is 0.123 e. The zero-order chi connectivity index (χ0) is 12.3. The summed E-state index contributed by atoms with van der Waals surface area (Å²) in [6, 6.07) is 6.13. The number of fused-ring (bicyclic) bond motifs is 1. The Morgan fingerprint density at radius 1 is 1.59 bits per heavy atom. The maximum absolute atomic E-state index is 5.95. The molecule has 0 amide bonds. The highest BCUT2D eigenvalue weighted by atomic mass is 35.5. The highest BCUT2D eigenvalue weighted by Gasteiger charge is 2.23. The summed E-state index contributed by atoms with van der Waals surface area (Å²) in [7, 11) is 1.71. The number of ether oxygens (including phenoxy) is 2. The molecule has 2 rings (SSSR count). The summed E-state index contributed by atoms with van der Waals surface area (Å²) in [5, 5.41) is 4.16. The molecular weight excluding hydrogens is 238 g/mol. The summed E-state index contributed by atoms with van der Waals surface area (Å²) in [4.78, 5) is 0. The van der Waals surface area contributed by atoms with Crippen LogP contribution in [0.5, 0.6) is 5.75 Å². The van der Waals surface area contributed by atoms with E-state index in [1.165, 1.54) is 5.56 Å². The first-order valence-corrected chi connectivity index (χ1v) is 6.24. The van der Waals surface area contributed by atoms with Crippen LogP contribution in [0.2, 0.25) is 5.02 Å². The second kappa shape index (κ2) is 5.71. The van der Waals surface area contributed by atoms with Crippen LogP contribution in [0.1, 0.15) is 12.5 Å². The summed E-state index contributed by atoms with van der Waals surface area (Å²) >= 11 is 5.95. The van der Waals surface area contributed by atoms with Crippen molar-refractivity contribution in [3.05, 3.63) is 28.8 Å². The van der Waals surface area contributed by atoms with Gasteiger partial charge < -0.3 is 14.8 Å². The summed E-state index contributed by atoms with van der Waals surface area (Å²) in [6.07, 6.45) is 1.12. The molecule has 0 radical (unpaired) electrons. The van der Waals surface area contributed by atoms with E-state index < -0.39 is 0 Å². The first kappa shape index (κ1) is 12.7. The normalized spacial score (nSPS) is 19.8. The SMILES string of the molecule is COCC(C)NCC1Cc2cc(Cl)ccc2O1. The van der Waals surface area contributed by atoms with Crippen LogP contribution in [0.25, 0.3) is 0 Å². The number of hydrogen-bond acceptors (Lipinski definition) is 3. The minimum Gasteiger partial charge on any atom is -0.488 e. The van der Waals surface area contributed by atoms with Gasteiger partial charge in [-0.15, -0.1) is 0 Å². The molecule has 0 saturated carbocycles. The van der Waals surface area contributed by atoms with Gasteiger partial charge in [0.05, 0.1) is 6.61 Å². The van der Waals surface area contributed by atoms with Crippen molar-refractivity contribution in [2.75, 3.05) is 20.3 Å². The molecule has 17 heavy (non-hydrogen) atoms. The number of nitrogens with one attached hydrogen (secondary N) is 1. The molecule has 1 aromatic carbocycles. The summed E-state index contributed by atoms with van der Waals surface area (Å²) in [5.74, 6) is 0.959. The molecule has 1 aliphatic heterocycles. The number of rotatable bonds is 5. The molecule has 0 aliphatic carbocycles. The molecular formula is C13H18ClNO2. The molecule has 3 nitrogen and oxygen atoms in total. The fourth-order valence-corrected chi connectivity index (χ4v) is 2.24. The van der Waals surface area contributed by atoms with Crippen LogP contribution in [0.15, 0.2) is 18.2 Å². The van der Waals surface area contributed by atoms with Crippen molar-refractivity contribution in [1.82, 2.24) is 5.32 Å². The molecule has 1 N–H and O–H groups in total. The molecule has 2 atom stereocenters. The van der Waals surface area contributed by atoms with Crippen LogP contribution in [-0.4, -0.2) is 32.4 Å². The van der Waals surface area contributed by atoms with Gasteiger partial charge in [0.15, 0.2) is 0 Å². The molecule has 4 heteroatoms. The van der Waals surface area contributed by atoms with Gasteiger partial charge in [0, 0.05) is 31.1 Å². The fourth-order valence-electron chi connectivity index (χ4n) is 2.04. The quantitative estimate of drug-likeness (QED) is 0.876. The molecule has 0 saturated heterocycles. The third-order valence-electron chi connectivity index (χ3n) is 2.87. The topological polar surface area (TPSA) is 30.5 Å². The standard InChI is InChI=1S/C13H18ClNO2/c1-9(8-16-2)15-7-12-6-10-5-11(14)3-4-13(10)17-12/h3-5,9,12,15H,6-8H2,1-2H3. The van der Waals surface area contributed by atoms with Crippen molar-refractivity contribution in [3.8, 4) is 5.75 Å². The van der Waals surface area contributed by atoms with Gasteiger partial charge >= 0.3 is 0 Å². The lowest BCUT2D eigenvalue weighted by Crippen LogP contribution is -2.38. The predicted molar refractivity (Wildman–Crippen MR) is 68.9 cm³/mol. The largest absolute Gasteiger partial charge is 0.488 e. The monoisotopic (exact) mass is 255 g/mol. The van der Waals surface area contributed by atoms with E-state index >= 15 is 0 Å². The van der Waals surface area contributed by atoms with Crippen molar-refractivity contribution in [1.29, 1.82) is 0 Å². The van der Waals surface area contributed by atoms with Crippen LogP contribution < -0.4 is 10.1 Å². The zero-order valence-electron chi connectivity index (χ0n) is 10.2. The van der Waals surface area contributed by atoms with Crippen molar-refractivity contribution in [2.24, 2.45) is 0 Å². The Kier molecular flexibility index (Phi) is 4.26. The Bertz CT molecular complexity index is 384. The van der Waals surface area contributed by atoms with Gasteiger partial charge in [-0.25, -0.2) is 0 Å². The third kappa shape index (κ3) is 3.35. The molecule has 0 aromatic heterocycles. The predicted octanol–water partition coefficient (Wildman–Crippen LogP) is 2.27. The molecule has 1 aromatic rings. The average molecular weight is 256 g/mol. The summed E-state index contributed by atoms with van der Waals surface area (Å²) in [5.41, 5.74) is 1.20. The molecule has 94 valence electrons. The Balaban J connectivity index is 1.84. The second-order valence-corrected chi connectivity index (χ2v) is 4.90. The van der Waals surface area contributed by atoms with Crippen molar-refractivity contribution in [2.45, 2.75) is 25.5 Å². The van der Waals surface area contributed by atoms with Crippen molar-refractivity contribution in [3.63, 3.8) is 0 Å². The van der Waals surface area contributed by atoms with E-state index in [4.69, 9.17) is 21.1 Å². The maximum Gasteiger partial charge on any atom is 0.123 e. The minimum atomic E-state index is 0.197. The Labute approximate surface area is 107 Å². The number of benzene rings is 1. The highest BCUT2D eigenvalue weighted by molar-refractivity contribution is 6.30. The van der Waals surface area contributed by atoms with Crippen LogP contribution in [0.4, 0.5) is 0 Å². The number of hydrogen-bond donors (Lipinski definition) is 1. The highest BCUT2D eigenvalue weighted by Crippen LogP contribution is 2.30. The molecule has 0 fully saturated rings. The lowest BCUT2D eigenvalue weighted by atomic mass is 10.1. The van der Waals surface area contributed by atoms with Gasteiger partial charge in [-0.3, -0.25) is 0 Å². The van der Waals surface area contributed by atoms with Crippen LogP contribution in [-0.2, 0) is 11.2 Å². The lowest BCUT2D eigenvalue weighted by Gasteiger charge is -2.16. The molecule has 2 unspecified atom stereocenters. The lowest BCUT2D eigenvalue weighted by molar-refractivity contribution is 0.160. The van der Waals surface area contributed by atoms with Crippen molar-refractivity contribution >= 4 is 11.6 Å². The van der Waals surface area contributed by atoms with Gasteiger partial charge in [0.2, 0.25) is 0 Å². The van der Waals surface area contributed by atoms with Crippen LogP contribution in [0.3, 0.4) is 0 Å². The van der Waals surface area contributed by atoms with Gasteiger partial charge in [-0.2, -0.15) is 0 Å². The Morgan fingerprint density at radius 2 is 2.41 bits per heavy atom. The van der Waals surface area contributed by atoms with E-state index in [-0.39, 0.29) is 6.10 Å². The first-order valence-electron chi connectivity index (χ1n) is 5.86. The number of halogens is 1. The van der Waals surface area contributed by atoms with Gasteiger partial charge in [0.1, 0.15) is 11.9 Å². The summed E-state index contributed by atoms with van der Waals surface area (Å²) in [6.45, 7) is 3.64. The van der Waals surface area contributed by atoms with E-state index in [2.05, 4.69) is 12.2 Å². The van der Waals surface area contributed by atoms with Crippen LogP contribution >= 0.6 is 11.6 Å². The van der Waals surface area contributed by atoms with Crippen LogP contribution in [0, 0.1) is 0 Å². The fraction of sp³-hybridized carbons (Fsp3) is 0.538. The zero-order valence-corrected chi connectivity index (χ0v) is 11.0. The summed E-state index contributed by atoms with van der Waals surface area (Å²) < 4.78 is 10.9. The molecule has 0 bridgehead atoms. The Morgan fingerprint density at radius 3 is 3.18 bits per heavy atom. The average Bonchev–Trinajstić information content (AvgIpc) is 2.68. The van der Waals surface area contributed by atoms with Gasteiger partial charge in [-0.05, 0) is 30.7 Å². The molecule has 1 aliphatic rings. The second-order valence-electron chi connectivity index (χ2n) is 4.46. The molecule has 0 spiro atoms. The molecule has 1 heterocycles. The Hall–Kier alpha value is -0.770.